The van der Waals surface area contributed by atoms with E-state index in [4.69, 9.17) is 5.73 Å². The molecule has 7 heteroatoms. The molecule has 20 heavy (non-hydrogen) atoms. The summed E-state index contributed by atoms with van der Waals surface area (Å²) in [6.45, 7) is 0.972. The maximum absolute atomic E-state index is 12.6. The van der Waals surface area contributed by atoms with Gasteiger partial charge in [-0.3, -0.25) is 0 Å². The first kappa shape index (κ1) is 12.9. The van der Waals surface area contributed by atoms with Crippen molar-refractivity contribution in [3.8, 4) is 0 Å². The number of nitrogens with zero attached hydrogens (tertiary/aromatic N) is 2. The summed E-state index contributed by atoms with van der Waals surface area (Å²) < 4.78 is 29.4. The average molecular weight is 313 g/mol. The van der Waals surface area contributed by atoms with Crippen molar-refractivity contribution in [1.82, 2.24) is 4.37 Å². The van der Waals surface area contributed by atoms with Gasteiger partial charge in [0, 0.05) is 12.6 Å². The van der Waals surface area contributed by atoms with Crippen molar-refractivity contribution >= 4 is 32.2 Å². The van der Waals surface area contributed by atoms with E-state index < -0.39 is 9.84 Å². The Morgan fingerprint density at radius 2 is 1.90 bits per heavy atom. The first-order valence-electron chi connectivity index (χ1n) is 7.33. The fourth-order valence-electron chi connectivity index (χ4n) is 2.64. The molecule has 5 nitrogen and oxygen atoms in total. The molecule has 0 saturated heterocycles. The lowest BCUT2D eigenvalue weighted by molar-refractivity contribution is 0.594. The highest BCUT2D eigenvalue weighted by Crippen LogP contribution is 2.46. The van der Waals surface area contributed by atoms with Gasteiger partial charge in [0.2, 0.25) is 0 Å². The second-order valence-electron chi connectivity index (χ2n) is 6.27. The van der Waals surface area contributed by atoms with Gasteiger partial charge in [0.1, 0.15) is 9.90 Å². The van der Waals surface area contributed by atoms with Crippen molar-refractivity contribution in [2.75, 3.05) is 17.2 Å². The highest BCUT2D eigenvalue weighted by Gasteiger charge is 2.44. The van der Waals surface area contributed by atoms with Gasteiger partial charge < -0.3 is 10.6 Å². The number of aromatic nitrogens is 1. The smallest absolute Gasteiger partial charge is 0.187 e. The molecule has 3 fully saturated rings. The molecular formula is C13H19N3O2S2. The van der Waals surface area contributed by atoms with E-state index in [2.05, 4.69) is 9.27 Å². The van der Waals surface area contributed by atoms with Crippen LogP contribution in [0.1, 0.15) is 38.5 Å². The normalized spacial score (nSPS) is 23.0. The minimum absolute atomic E-state index is 0.207. The molecule has 0 bridgehead atoms. The molecule has 0 unspecified atom stereocenters. The molecule has 0 radical (unpaired) electrons. The second kappa shape index (κ2) is 4.34. The molecule has 3 saturated carbocycles. The molecule has 0 aromatic carbocycles. The molecule has 1 heterocycles. The lowest BCUT2D eigenvalue weighted by Crippen LogP contribution is -2.29. The molecule has 0 atom stereocenters. The fourth-order valence-corrected chi connectivity index (χ4v) is 5.74. The third-order valence-corrected chi connectivity index (χ3v) is 7.65. The van der Waals surface area contributed by atoms with Crippen molar-refractivity contribution in [1.29, 1.82) is 0 Å². The fraction of sp³-hybridized carbons (Fsp3) is 0.769. The van der Waals surface area contributed by atoms with Gasteiger partial charge in [0.05, 0.1) is 5.25 Å². The quantitative estimate of drug-likeness (QED) is 0.869. The largest absolute Gasteiger partial charge is 0.382 e. The Labute approximate surface area is 123 Å². The molecule has 110 valence electrons. The SMILES string of the molecule is Nc1nsc(N(CC2CC2)C2CC2)c1S(=O)(=O)C1CC1. The lowest BCUT2D eigenvalue weighted by atomic mass is 10.3. The van der Waals surface area contributed by atoms with Crippen LogP contribution in [0.2, 0.25) is 0 Å². The number of nitrogen functional groups attached to an aromatic ring is 1. The summed E-state index contributed by atoms with van der Waals surface area (Å²) in [6.07, 6.45) is 6.39. The molecule has 1 aromatic rings. The van der Waals surface area contributed by atoms with Crippen LogP contribution in [0.25, 0.3) is 0 Å². The molecule has 3 aliphatic carbocycles. The van der Waals surface area contributed by atoms with Crippen LogP contribution in [-0.4, -0.2) is 30.6 Å². The summed E-state index contributed by atoms with van der Waals surface area (Å²) in [6, 6.07) is 0.503. The monoisotopic (exact) mass is 313 g/mol. The Kier molecular flexibility index (Phi) is 2.79. The second-order valence-corrected chi connectivity index (χ2v) is 9.19. The third-order valence-electron chi connectivity index (χ3n) is 4.31. The number of nitrogens with two attached hydrogens (primary N) is 1. The lowest BCUT2D eigenvalue weighted by Gasteiger charge is -2.23. The molecule has 2 N–H and O–H groups in total. The van der Waals surface area contributed by atoms with E-state index in [0.717, 1.165) is 43.1 Å². The van der Waals surface area contributed by atoms with Crippen molar-refractivity contribution in [2.24, 2.45) is 5.92 Å². The highest BCUT2D eigenvalue weighted by atomic mass is 32.2. The van der Waals surface area contributed by atoms with Crippen LogP contribution in [0.3, 0.4) is 0 Å². The minimum atomic E-state index is -3.27. The van der Waals surface area contributed by atoms with Gasteiger partial charge in [-0.05, 0) is 56.0 Å². The highest BCUT2D eigenvalue weighted by molar-refractivity contribution is 7.92. The number of anilines is 2. The van der Waals surface area contributed by atoms with Crippen molar-refractivity contribution in [3.63, 3.8) is 0 Å². The van der Waals surface area contributed by atoms with E-state index in [0.29, 0.717) is 10.9 Å². The predicted octanol–water partition coefficient (Wildman–Crippen LogP) is 2.04. The Bertz CT molecular complexity index is 628. The van der Waals surface area contributed by atoms with Gasteiger partial charge in [-0.25, -0.2) is 8.42 Å². The summed E-state index contributed by atoms with van der Waals surface area (Å²) in [4.78, 5) is 2.61. The van der Waals surface area contributed by atoms with E-state index in [1.54, 1.807) is 0 Å². The summed E-state index contributed by atoms with van der Waals surface area (Å²) in [5.41, 5.74) is 5.89. The Balaban J connectivity index is 1.73. The first-order valence-corrected chi connectivity index (χ1v) is 9.65. The average Bonchev–Trinajstić information content (AvgIpc) is 3.25. The Hall–Kier alpha value is -0.820. The van der Waals surface area contributed by atoms with E-state index in [9.17, 15) is 8.42 Å². The van der Waals surface area contributed by atoms with Crippen molar-refractivity contribution in [2.45, 2.75) is 54.7 Å². The standard InChI is InChI=1S/C13H19N3O2S2/c14-12-11(20(17,18)10-5-6-10)13(19-15-12)16(9-3-4-9)7-8-1-2-8/h8-10H,1-7H2,(H2,14,15). The number of sulfone groups is 1. The van der Waals surface area contributed by atoms with Crippen LogP contribution < -0.4 is 10.6 Å². The first-order chi connectivity index (χ1) is 9.57. The zero-order chi connectivity index (χ0) is 13.9. The maximum Gasteiger partial charge on any atom is 0.187 e. The minimum Gasteiger partial charge on any atom is -0.382 e. The topological polar surface area (TPSA) is 76.3 Å². The Morgan fingerprint density at radius 1 is 1.20 bits per heavy atom. The van der Waals surface area contributed by atoms with Gasteiger partial charge in [-0.2, -0.15) is 4.37 Å². The molecule has 1 aromatic heterocycles. The van der Waals surface area contributed by atoms with Crippen LogP contribution >= 0.6 is 11.5 Å². The van der Waals surface area contributed by atoms with Crippen LogP contribution in [0, 0.1) is 5.92 Å². The Morgan fingerprint density at radius 3 is 2.45 bits per heavy atom. The maximum atomic E-state index is 12.6. The molecule has 0 spiro atoms. The van der Waals surface area contributed by atoms with Gasteiger partial charge in [0.15, 0.2) is 15.7 Å². The zero-order valence-corrected chi connectivity index (χ0v) is 12.9. The van der Waals surface area contributed by atoms with E-state index in [1.807, 2.05) is 0 Å². The molecule has 3 aliphatic rings. The zero-order valence-electron chi connectivity index (χ0n) is 11.3. The number of hydrogen-bond acceptors (Lipinski definition) is 6. The predicted molar refractivity (Wildman–Crippen MR) is 79.8 cm³/mol. The van der Waals surface area contributed by atoms with Crippen LogP contribution in [0.4, 0.5) is 10.8 Å². The summed E-state index contributed by atoms with van der Waals surface area (Å²) in [5.74, 6) is 0.939. The van der Waals surface area contributed by atoms with Gasteiger partial charge in [-0.15, -0.1) is 0 Å². The van der Waals surface area contributed by atoms with Gasteiger partial charge >= 0.3 is 0 Å². The summed E-state index contributed by atoms with van der Waals surface area (Å²) in [5, 5.41) is 0.589. The van der Waals surface area contributed by atoms with Crippen molar-refractivity contribution < 1.29 is 8.42 Å². The molecule has 4 rings (SSSR count). The molecule has 0 aliphatic heterocycles. The van der Waals surface area contributed by atoms with Crippen molar-refractivity contribution in [3.05, 3.63) is 0 Å². The third kappa shape index (κ3) is 2.20. The van der Waals surface area contributed by atoms with E-state index >= 15 is 0 Å². The van der Waals surface area contributed by atoms with Crippen LogP contribution in [-0.2, 0) is 9.84 Å². The summed E-state index contributed by atoms with van der Waals surface area (Å²) in [7, 11) is -3.27. The number of rotatable bonds is 6. The van der Waals surface area contributed by atoms with Crippen LogP contribution in [0.5, 0.6) is 0 Å². The molecular weight excluding hydrogens is 294 g/mol. The van der Waals surface area contributed by atoms with E-state index in [1.165, 1.54) is 24.4 Å². The van der Waals surface area contributed by atoms with E-state index in [-0.39, 0.29) is 11.1 Å². The van der Waals surface area contributed by atoms with Gasteiger partial charge in [-0.1, -0.05) is 0 Å². The van der Waals surface area contributed by atoms with Gasteiger partial charge in [0.25, 0.3) is 0 Å². The summed E-state index contributed by atoms with van der Waals surface area (Å²) >= 11 is 1.27. The number of hydrogen-bond donors (Lipinski definition) is 1. The van der Waals surface area contributed by atoms with Crippen LogP contribution in [0.15, 0.2) is 4.90 Å². The molecule has 0 amide bonds.